The predicted molar refractivity (Wildman–Crippen MR) is 162 cm³/mol. The second-order valence-electron chi connectivity index (χ2n) is 12.1. The average molecular weight is 581 g/mol. The monoisotopic (exact) mass is 580 g/mol. The summed E-state index contributed by atoms with van der Waals surface area (Å²) in [4.78, 5) is 18.9. The molecule has 2 unspecified atom stereocenters. The van der Waals surface area contributed by atoms with Crippen LogP contribution in [0.3, 0.4) is 0 Å². The number of hydrogen-bond acceptors (Lipinski definition) is 6. The Morgan fingerprint density at radius 1 is 1.12 bits per heavy atom. The maximum absolute atomic E-state index is 16.2. The number of carbonyl (C=O) groups is 1. The summed E-state index contributed by atoms with van der Waals surface area (Å²) in [5, 5.41) is 5.73. The molecule has 212 valence electrons. The summed E-state index contributed by atoms with van der Waals surface area (Å²) >= 11 is -1.48. The number of amides is 1. The van der Waals surface area contributed by atoms with E-state index in [9.17, 15) is 9.35 Å². The normalized spacial score (nSPS) is 13.8. The highest BCUT2D eigenvalue weighted by molar-refractivity contribution is 7.90. The maximum atomic E-state index is 16.2. The quantitative estimate of drug-likeness (QED) is 0.215. The summed E-state index contributed by atoms with van der Waals surface area (Å²) in [6.45, 7) is 11.7. The van der Waals surface area contributed by atoms with Crippen molar-refractivity contribution in [1.29, 1.82) is 0 Å². The van der Waals surface area contributed by atoms with Crippen LogP contribution in [0.4, 0.5) is 4.39 Å². The molecule has 0 saturated heterocycles. The third-order valence-electron chi connectivity index (χ3n) is 6.63. The lowest BCUT2D eigenvalue weighted by Crippen LogP contribution is -2.44. The van der Waals surface area contributed by atoms with Crippen molar-refractivity contribution in [3.8, 4) is 11.3 Å². The molecular weight excluding hydrogens is 544 g/mol. The van der Waals surface area contributed by atoms with E-state index >= 15 is 4.39 Å². The average Bonchev–Trinajstić information content (AvgIpc) is 3.31. The third kappa shape index (κ3) is 6.30. The van der Waals surface area contributed by atoms with Gasteiger partial charge in [0.05, 0.1) is 19.8 Å². The van der Waals surface area contributed by atoms with Crippen molar-refractivity contribution in [1.82, 2.24) is 19.8 Å². The van der Waals surface area contributed by atoms with Crippen LogP contribution in [0.25, 0.3) is 22.2 Å². The van der Waals surface area contributed by atoms with Gasteiger partial charge in [-0.3, -0.25) is 4.79 Å². The van der Waals surface area contributed by atoms with Crippen molar-refractivity contribution in [2.24, 2.45) is 0 Å². The standard InChI is InChI=1S/C30H37FN4O3SSi/c1-30(2,3)39(37)34-22(17-23-27(31)26(40(6,7)8)18-24(32-23)29(36)35(4)5)19-13-9-10-14-20(19)28-21-15-11-12-16-25(21)38-33-28/h9-16,18,22,34H,17H2,1-8H3. The van der Waals surface area contributed by atoms with Crippen LogP contribution >= 0.6 is 0 Å². The van der Waals surface area contributed by atoms with E-state index in [0.717, 1.165) is 16.5 Å². The third-order valence-corrected chi connectivity index (χ3v) is 10.2. The minimum Gasteiger partial charge on any atom is -0.598 e. The molecule has 0 bridgehead atoms. The number of aromatic nitrogens is 2. The Bertz CT molecular complexity index is 1530. The Morgan fingerprint density at radius 3 is 2.42 bits per heavy atom. The van der Waals surface area contributed by atoms with Gasteiger partial charge in [-0.15, -0.1) is 4.72 Å². The summed E-state index contributed by atoms with van der Waals surface area (Å²) in [6, 6.07) is 16.2. The molecule has 4 rings (SSSR count). The van der Waals surface area contributed by atoms with Crippen molar-refractivity contribution >= 4 is 41.5 Å². The number of pyridine rings is 1. The molecule has 0 spiro atoms. The highest BCUT2D eigenvalue weighted by Crippen LogP contribution is 2.35. The first-order chi connectivity index (χ1) is 18.7. The molecule has 10 heteroatoms. The van der Waals surface area contributed by atoms with Gasteiger partial charge < -0.3 is 14.0 Å². The number of fused-ring (bicyclic) bond motifs is 1. The predicted octanol–water partition coefficient (Wildman–Crippen LogP) is 5.61. The Balaban J connectivity index is 1.89. The highest BCUT2D eigenvalue weighted by Gasteiger charge is 2.34. The Morgan fingerprint density at radius 2 is 1.77 bits per heavy atom. The van der Waals surface area contributed by atoms with Gasteiger partial charge in [0.1, 0.15) is 22.0 Å². The van der Waals surface area contributed by atoms with Crippen LogP contribution < -0.4 is 9.91 Å². The summed E-state index contributed by atoms with van der Waals surface area (Å²) < 4.78 is 37.8. The summed E-state index contributed by atoms with van der Waals surface area (Å²) in [5.74, 6) is -0.704. The van der Waals surface area contributed by atoms with Crippen LogP contribution in [0.2, 0.25) is 19.6 Å². The van der Waals surface area contributed by atoms with E-state index in [2.05, 4.69) is 14.9 Å². The SMILES string of the molecule is CN(C)C(=O)c1cc([Si](C)(C)C)c(F)c(CC(N[S+]([O-])C(C)(C)C)c2ccccc2-c2noc3ccccc23)n1. The van der Waals surface area contributed by atoms with Gasteiger partial charge >= 0.3 is 0 Å². The summed E-state index contributed by atoms with van der Waals surface area (Å²) in [5.41, 5.74) is 3.21. The molecule has 40 heavy (non-hydrogen) atoms. The first-order valence-corrected chi connectivity index (χ1v) is 17.9. The van der Waals surface area contributed by atoms with E-state index in [-0.39, 0.29) is 23.7 Å². The number of carbonyl (C=O) groups excluding carboxylic acids is 1. The van der Waals surface area contributed by atoms with Crippen molar-refractivity contribution in [3.05, 3.63) is 77.4 Å². The number of nitrogens with zero attached hydrogens (tertiary/aromatic N) is 3. The number of benzene rings is 2. The fraction of sp³-hybridized carbons (Fsp3) is 0.367. The van der Waals surface area contributed by atoms with Gasteiger partial charge in [0.2, 0.25) is 0 Å². The van der Waals surface area contributed by atoms with Crippen LogP contribution in [0.5, 0.6) is 0 Å². The summed E-state index contributed by atoms with van der Waals surface area (Å²) in [7, 11) is 1.11. The molecule has 2 heterocycles. The van der Waals surface area contributed by atoms with Crippen molar-refractivity contribution in [2.75, 3.05) is 14.1 Å². The first-order valence-electron chi connectivity index (χ1n) is 13.2. The van der Waals surface area contributed by atoms with Gasteiger partial charge in [0, 0.05) is 42.8 Å². The Hall–Kier alpha value is -3.05. The molecule has 2 atom stereocenters. The lowest BCUT2D eigenvalue weighted by atomic mass is 9.94. The number of hydrogen-bond donors (Lipinski definition) is 1. The number of para-hydroxylation sites is 1. The van der Waals surface area contributed by atoms with Crippen molar-refractivity contribution < 1.29 is 18.3 Å². The van der Waals surface area contributed by atoms with E-state index < -0.39 is 36.0 Å². The van der Waals surface area contributed by atoms with Crippen molar-refractivity contribution in [2.45, 2.75) is 57.6 Å². The molecule has 0 aliphatic heterocycles. The number of rotatable bonds is 8. The molecule has 0 aliphatic rings. The lowest BCUT2D eigenvalue weighted by molar-refractivity contribution is 0.0821. The Labute approximate surface area is 239 Å². The number of halogens is 1. The molecule has 0 radical (unpaired) electrons. The zero-order valence-corrected chi connectivity index (χ0v) is 26.1. The van der Waals surface area contributed by atoms with Gasteiger partial charge in [-0.05, 0) is 49.7 Å². The van der Waals surface area contributed by atoms with E-state index in [0.29, 0.717) is 16.5 Å². The molecule has 1 amide bonds. The van der Waals surface area contributed by atoms with Crippen LogP contribution in [-0.4, -0.2) is 52.4 Å². The highest BCUT2D eigenvalue weighted by atomic mass is 32.2. The fourth-order valence-electron chi connectivity index (χ4n) is 4.41. The lowest BCUT2D eigenvalue weighted by Gasteiger charge is -2.29. The van der Waals surface area contributed by atoms with Gasteiger partial charge in [-0.25, -0.2) is 9.37 Å². The fourth-order valence-corrected chi connectivity index (χ4v) is 6.61. The molecular formula is C30H37FN4O3SSi. The molecule has 0 aliphatic carbocycles. The second-order valence-corrected chi connectivity index (χ2v) is 19.2. The second kappa shape index (κ2) is 11.4. The molecule has 2 aromatic carbocycles. The first kappa shape index (κ1) is 29.9. The minimum absolute atomic E-state index is 0.0759. The molecule has 2 aromatic heterocycles. The van der Waals surface area contributed by atoms with Gasteiger partial charge in [-0.1, -0.05) is 61.2 Å². The maximum Gasteiger partial charge on any atom is 0.271 e. The number of nitrogens with one attached hydrogen (secondary N) is 1. The van der Waals surface area contributed by atoms with Crippen LogP contribution in [-0.2, 0) is 17.8 Å². The van der Waals surface area contributed by atoms with Gasteiger partial charge in [0.25, 0.3) is 5.91 Å². The molecule has 1 N–H and O–H groups in total. The topological polar surface area (TPSA) is 94.3 Å². The van der Waals surface area contributed by atoms with E-state index in [1.807, 2.05) is 88.9 Å². The molecule has 0 fully saturated rings. The van der Waals surface area contributed by atoms with Crippen LogP contribution in [0, 0.1) is 5.82 Å². The van der Waals surface area contributed by atoms with Gasteiger partial charge in [0.15, 0.2) is 5.58 Å². The largest absolute Gasteiger partial charge is 0.598 e. The minimum atomic E-state index is -2.19. The zero-order chi connectivity index (χ0) is 29.4. The molecule has 0 saturated carbocycles. The van der Waals surface area contributed by atoms with E-state index in [1.165, 1.54) is 4.90 Å². The Kier molecular flexibility index (Phi) is 8.56. The zero-order valence-electron chi connectivity index (χ0n) is 24.3. The van der Waals surface area contributed by atoms with Crippen LogP contribution in [0.15, 0.2) is 59.1 Å². The molecule has 4 aromatic rings. The van der Waals surface area contributed by atoms with E-state index in [1.54, 1.807) is 20.2 Å². The molecule has 7 nitrogen and oxygen atoms in total. The van der Waals surface area contributed by atoms with Gasteiger partial charge in [-0.2, -0.15) is 0 Å². The van der Waals surface area contributed by atoms with E-state index in [4.69, 9.17) is 4.52 Å². The van der Waals surface area contributed by atoms with Crippen LogP contribution in [0.1, 0.15) is 48.6 Å². The summed E-state index contributed by atoms with van der Waals surface area (Å²) in [6.07, 6.45) is 0.0759. The smallest absolute Gasteiger partial charge is 0.271 e. The van der Waals surface area contributed by atoms with Crippen molar-refractivity contribution in [3.63, 3.8) is 0 Å².